The van der Waals surface area contributed by atoms with Crippen molar-refractivity contribution in [2.75, 3.05) is 33.2 Å². The highest BCUT2D eigenvalue weighted by Gasteiger charge is 2.60. The van der Waals surface area contributed by atoms with Crippen LogP contribution in [0.4, 0.5) is 10.5 Å². The van der Waals surface area contributed by atoms with Gasteiger partial charge in [-0.05, 0) is 31.0 Å². The van der Waals surface area contributed by atoms with Crippen LogP contribution in [0.1, 0.15) is 38.7 Å². The van der Waals surface area contributed by atoms with Gasteiger partial charge >= 0.3 is 12.1 Å². The molecule has 6 atom stereocenters. The number of fused-ring (bicyclic) bond motifs is 1. The number of nitro benzene ring substituents is 1. The number of thioether (sulfide) groups is 1. The monoisotopic (exact) mass is 589 g/mol. The molecule has 41 heavy (non-hydrogen) atoms. The second-order valence-electron chi connectivity index (χ2n) is 12.0. The van der Waals surface area contributed by atoms with Gasteiger partial charge in [0.2, 0.25) is 5.91 Å². The van der Waals surface area contributed by atoms with Crippen molar-refractivity contribution < 1.29 is 38.7 Å². The van der Waals surface area contributed by atoms with Crippen LogP contribution < -0.4 is 0 Å². The Morgan fingerprint density at radius 3 is 2.49 bits per heavy atom. The van der Waals surface area contributed by atoms with E-state index in [1.165, 1.54) is 28.8 Å². The van der Waals surface area contributed by atoms with Gasteiger partial charge in [-0.25, -0.2) is 9.59 Å². The number of carbonyl (C=O) groups excluding carboxylic acids is 2. The van der Waals surface area contributed by atoms with E-state index >= 15 is 0 Å². The highest BCUT2D eigenvalue weighted by atomic mass is 32.2. The number of benzene rings is 1. The molecule has 5 rings (SSSR count). The highest BCUT2D eigenvalue weighted by molar-refractivity contribution is 8.03. The van der Waals surface area contributed by atoms with Crippen LogP contribution in [0.25, 0.3) is 0 Å². The van der Waals surface area contributed by atoms with Crippen molar-refractivity contribution >= 4 is 35.4 Å². The third-order valence-corrected chi connectivity index (χ3v) is 10.5. The zero-order valence-electron chi connectivity index (χ0n) is 23.5. The van der Waals surface area contributed by atoms with E-state index in [0.717, 1.165) is 37.0 Å². The summed E-state index contributed by atoms with van der Waals surface area (Å²) in [5.74, 6) is -2.40. The average Bonchev–Trinajstić information content (AvgIpc) is 3.58. The third-order valence-electron chi connectivity index (χ3n) is 9.02. The van der Waals surface area contributed by atoms with E-state index in [1.807, 2.05) is 6.92 Å². The number of likely N-dealkylation sites (N-methyl/N-ethyl adjacent to an activating group) is 1. The van der Waals surface area contributed by atoms with Gasteiger partial charge in [-0.2, -0.15) is 0 Å². The van der Waals surface area contributed by atoms with Crippen LogP contribution in [0.2, 0.25) is 0 Å². The van der Waals surface area contributed by atoms with Crippen LogP contribution in [-0.2, 0) is 20.9 Å². The summed E-state index contributed by atoms with van der Waals surface area (Å²) in [6.45, 7) is 6.64. The molecule has 0 aromatic heterocycles. The zero-order valence-corrected chi connectivity index (χ0v) is 24.3. The van der Waals surface area contributed by atoms with Gasteiger partial charge < -0.3 is 24.3 Å². The highest BCUT2D eigenvalue weighted by Crippen LogP contribution is 2.52. The number of hydrogen-bond donors (Lipinski definition) is 2. The molecule has 4 aliphatic heterocycles. The minimum absolute atomic E-state index is 0.0105. The second-order valence-corrected chi connectivity index (χ2v) is 13.3. The lowest BCUT2D eigenvalue weighted by Crippen LogP contribution is -2.63. The first-order chi connectivity index (χ1) is 19.4. The maximum absolute atomic E-state index is 13.4. The first-order valence-corrected chi connectivity index (χ1v) is 14.9. The summed E-state index contributed by atoms with van der Waals surface area (Å²) >= 11 is 1.43. The molecule has 13 heteroatoms. The number of nitrogens with zero attached hydrogens (tertiary/aromatic N) is 4. The molecule has 2 amide bonds. The van der Waals surface area contributed by atoms with Crippen LogP contribution in [0.15, 0.2) is 34.9 Å². The Labute approximate surface area is 242 Å². The summed E-state index contributed by atoms with van der Waals surface area (Å²) in [7, 11) is 2.20. The van der Waals surface area contributed by atoms with Crippen LogP contribution in [0.5, 0.6) is 0 Å². The molecule has 0 bridgehead atoms. The van der Waals surface area contributed by atoms with Crippen LogP contribution in [0, 0.1) is 22.0 Å². The van der Waals surface area contributed by atoms with Gasteiger partial charge in [0, 0.05) is 47.6 Å². The Hall–Kier alpha value is -3.16. The third kappa shape index (κ3) is 5.54. The number of β-lactam (4-membered cyclic amide) rings is 1. The summed E-state index contributed by atoms with van der Waals surface area (Å²) in [6.07, 6.45) is 1.59. The quantitative estimate of drug-likeness (QED) is 0.192. The van der Waals surface area contributed by atoms with Gasteiger partial charge in [0.15, 0.2) is 0 Å². The van der Waals surface area contributed by atoms with Gasteiger partial charge in [0.05, 0.1) is 55.7 Å². The number of likely N-dealkylation sites (tertiary alicyclic amines) is 2. The number of non-ortho nitro benzene ring substituents is 1. The maximum Gasteiger partial charge on any atom is 0.410 e. The molecule has 0 saturated carbocycles. The molecule has 0 radical (unpaired) electrons. The summed E-state index contributed by atoms with van der Waals surface area (Å²) in [5, 5.41) is 31.0. The van der Waals surface area contributed by atoms with Gasteiger partial charge in [-0.3, -0.25) is 19.8 Å². The van der Waals surface area contributed by atoms with Crippen molar-refractivity contribution in [3.8, 4) is 0 Å². The molecule has 0 aliphatic carbocycles. The molecule has 3 saturated heterocycles. The topological polar surface area (TPSA) is 151 Å². The van der Waals surface area contributed by atoms with E-state index in [-0.39, 0.29) is 47.2 Å². The SMILES string of the molecule is C[C@@H](O)[C@H]1C(=O)N2C(C(=O)O)=C(S[C@H]3C[C@@H](C[N+]4(C)CCCC4)N(C(=O)OCc4ccc([N+](=O)[O-])cc4)C3)[C@H](C)[C@H]12. The molecule has 0 spiro atoms. The van der Waals surface area contributed by atoms with E-state index in [9.17, 15) is 34.7 Å². The van der Waals surface area contributed by atoms with E-state index in [1.54, 1.807) is 24.0 Å². The van der Waals surface area contributed by atoms with E-state index in [4.69, 9.17) is 4.74 Å². The summed E-state index contributed by atoms with van der Waals surface area (Å²) in [5.41, 5.74) is 0.593. The molecule has 3 fully saturated rings. The Morgan fingerprint density at radius 2 is 1.90 bits per heavy atom. The van der Waals surface area contributed by atoms with Gasteiger partial charge in [-0.1, -0.05) is 6.92 Å². The number of quaternary nitrogens is 1. The molecular weight excluding hydrogens is 552 g/mol. The Balaban J connectivity index is 1.32. The van der Waals surface area contributed by atoms with E-state index in [2.05, 4.69) is 7.05 Å². The van der Waals surface area contributed by atoms with Crippen molar-refractivity contribution in [2.45, 2.75) is 63.2 Å². The Bertz CT molecular complexity index is 1260. The smallest absolute Gasteiger partial charge is 0.410 e. The fourth-order valence-electron chi connectivity index (χ4n) is 6.95. The fourth-order valence-corrected chi connectivity index (χ4v) is 8.51. The fraction of sp³-hybridized carbons (Fsp3) is 0.607. The average molecular weight is 590 g/mol. The largest absolute Gasteiger partial charge is 0.477 e. The van der Waals surface area contributed by atoms with E-state index < -0.39 is 29.0 Å². The molecule has 2 N–H and O–H groups in total. The molecule has 4 heterocycles. The molecule has 4 aliphatic rings. The lowest BCUT2D eigenvalue weighted by atomic mass is 9.79. The summed E-state index contributed by atoms with van der Waals surface area (Å²) in [4.78, 5) is 52.5. The normalized spacial score (nSPS) is 29.4. The number of carboxylic acids is 1. The molecule has 1 aromatic carbocycles. The van der Waals surface area contributed by atoms with Gasteiger partial charge in [-0.15, -0.1) is 11.8 Å². The lowest BCUT2D eigenvalue weighted by molar-refractivity contribution is -0.899. The molecule has 222 valence electrons. The summed E-state index contributed by atoms with van der Waals surface area (Å²) in [6, 6.07) is 5.39. The Kier molecular flexibility index (Phi) is 8.05. The van der Waals surface area contributed by atoms with Crippen molar-refractivity contribution in [3.05, 3.63) is 50.5 Å². The van der Waals surface area contributed by atoms with Crippen LogP contribution in [-0.4, -0.2) is 104 Å². The number of rotatable bonds is 9. The van der Waals surface area contributed by atoms with Crippen molar-refractivity contribution in [1.29, 1.82) is 0 Å². The number of ether oxygens (including phenoxy) is 1. The lowest BCUT2D eigenvalue weighted by Gasteiger charge is -2.46. The van der Waals surface area contributed by atoms with Crippen LogP contribution >= 0.6 is 11.8 Å². The second kappa shape index (κ2) is 11.3. The molecule has 1 aromatic rings. The van der Waals surface area contributed by atoms with Crippen molar-refractivity contribution in [1.82, 2.24) is 9.80 Å². The number of carboxylic acid groups (broad SMARTS) is 1. The van der Waals surface area contributed by atoms with Gasteiger partial charge in [0.25, 0.3) is 5.69 Å². The first kappa shape index (κ1) is 29.3. The number of aliphatic hydroxyl groups is 1. The number of hydrogen-bond acceptors (Lipinski definition) is 8. The number of aliphatic carboxylic acids is 1. The van der Waals surface area contributed by atoms with Crippen molar-refractivity contribution in [2.24, 2.45) is 11.8 Å². The van der Waals surface area contributed by atoms with Gasteiger partial charge in [0.1, 0.15) is 12.3 Å². The van der Waals surface area contributed by atoms with E-state index in [0.29, 0.717) is 23.4 Å². The predicted molar refractivity (Wildman–Crippen MR) is 149 cm³/mol. The Morgan fingerprint density at radius 1 is 1.24 bits per heavy atom. The molecule has 0 unspecified atom stereocenters. The number of amides is 2. The number of aliphatic hydroxyl groups excluding tert-OH is 1. The molecular formula is C28H37N4O8S+. The zero-order chi connectivity index (χ0) is 29.6. The predicted octanol–water partition coefficient (Wildman–Crippen LogP) is 2.80. The summed E-state index contributed by atoms with van der Waals surface area (Å²) < 4.78 is 6.51. The number of nitro groups is 1. The molecule has 12 nitrogen and oxygen atoms in total. The van der Waals surface area contributed by atoms with Crippen LogP contribution in [0.3, 0.4) is 0 Å². The minimum Gasteiger partial charge on any atom is -0.477 e. The number of carbonyl (C=O) groups is 3. The minimum atomic E-state index is -1.16. The first-order valence-electron chi connectivity index (χ1n) is 14.1. The standard InChI is InChI=1S/C28H36N4O8S/c1-16-23-22(17(2)33)26(34)30(23)24(27(35)36)25(16)41-21-12-20(14-32(3)10-4-5-11-32)29(13-21)28(37)40-15-18-6-8-19(9-7-18)31(38)39/h6-9,16-17,20-23,33H,4-5,10-15H2,1-3H3/p+1/t16-,17-,20+,21+,22-,23-/m1/s1. The maximum atomic E-state index is 13.4. The van der Waals surface area contributed by atoms with Crippen molar-refractivity contribution in [3.63, 3.8) is 0 Å².